The highest BCUT2D eigenvalue weighted by Gasteiger charge is 2.06. The Morgan fingerprint density at radius 1 is 0.788 bits per heavy atom. The Hall–Kier alpha value is -4.32. The first-order valence-corrected chi connectivity index (χ1v) is 10.3. The molecule has 3 aromatic rings. The third-order valence-electron chi connectivity index (χ3n) is 4.77. The second-order valence-electron chi connectivity index (χ2n) is 7.22. The van der Waals surface area contributed by atoms with Crippen molar-refractivity contribution in [2.24, 2.45) is 0 Å². The van der Waals surface area contributed by atoms with Crippen LogP contribution in [0.1, 0.15) is 22.8 Å². The van der Waals surface area contributed by atoms with Crippen LogP contribution in [0.2, 0.25) is 0 Å². The lowest BCUT2D eigenvalue weighted by atomic mass is 10.1. The molecule has 0 spiro atoms. The lowest BCUT2D eigenvalue weighted by molar-refractivity contribution is -0.111. The predicted octanol–water partition coefficient (Wildman–Crippen LogP) is 5.55. The van der Waals surface area contributed by atoms with Gasteiger partial charge in [-0.1, -0.05) is 29.8 Å². The molecule has 6 heteroatoms. The Morgan fingerprint density at radius 2 is 1.45 bits per heavy atom. The fourth-order valence-electron chi connectivity index (χ4n) is 3.05. The Balaban J connectivity index is 1.58. The molecule has 0 heterocycles. The van der Waals surface area contributed by atoms with E-state index in [1.807, 2.05) is 49.4 Å². The van der Waals surface area contributed by atoms with E-state index in [1.54, 1.807) is 56.7 Å². The van der Waals surface area contributed by atoms with Crippen molar-refractivity contribution in [3.8, 4) is 11.5 Å². The summed E-state index contributed by atoms with van der Waals surface area (Å²) in [7, 11) is 3.20. The highest BCUT2D eigenvalue weighted by Crippen LogP contribution is 2.26. The average Bonchev–Trinajstić information content (AvgIpc) is 2.84. The van der Waals surface area contributed by atoms with Gasteiger partial charge in [0.2, 0.25) is 5.91 Å². The maximum atomic E-state index is 12.3. The number of ether oxygens (including phenoxy) is 2. The number of amides is 2. The Kier molecular flexibility index (Phi) is 8.02. The zero-order chi connectivity index (χ0) is 23.6. The normalized spacial score (nSPS) is 11.2. The molecule has 2 amide bonds. The van der Waals surface area contributed by atoms with Gasteiger partial charge in [-0.25, -0.2) is 0 Å². The monoisotopic (exact) mass is 442 g/mol. The lowest BCUT2D eigenvalue weighted by Gasteiger charge is -2.08. The van der Waals surface area contributed by atoms with Crippen molar-refractivity contribution in [2.45, 2.75) is 6.92 Å². The molecule has 0 aliphatic heterocycles. The number of hydrogen-bond donors (Lipinski definition) is 2. The van der Waals surface area contributed by atoms with Gasteiger partial charge in [0, 0.05) is 34.6 Å². The van der Waals surface area contributed by atoms with Gasteiger partial charge in [-0.2, -0.15) is 0 Å². The summed E-state index contributed by atoms with van der Waals surface area (Å²) >= 11 is 0. The second-order valence-corrected chi connectivity index (χ2v) is 7.22. The Bertz CT molecular complexity index is 1170. The molecule has 0 saturated heterocycles. The average molecular weight is 443 g/mol. The number of hydrogen-bond acceptors (Lipinski definition) is 4. The fraction of sp³-hybridized carbons (Fsp3) is 0.111. The van der Waals surface area contributed by atoms with E-state index in [0.29, 0.717) is 28.4 Å². The number of anilines is 2. The third kappa shape index (κ3) is 6.83. The lowest BCUT2D eigenvalue weighted by Crippen LogP contribution is -2.12. The zero-order valence-electron chi connectivity index (χ0n) is 18.8. The quantitative estimate of drug-likeness (QED) is 0.354. The van der Waals surface area contributed by atoms with Crippen molar-refractivity contribution in [3.05, 3.63) is 102 Å². The molecule has 0 saturated carbocycles. The summed E-state index contributed by atoms with van der Waals surface area (Å²) in [6.45, 7) is 1.90. The van der Waals surface area contributed by atoms with E-state index in [-0.39, 0.29) is 11.8 Å². The van der Waals surface area contributed by atoms with Gasteiger partial charge in [0.1, 0.15) is 11.5 Å². The van der Waals surface area contributed by atoms with Crippen LogP contribution < -0.4 is 20.1 Å². The largest absolute Gasteiger partial charge is 0.497 e. The summed E-state index contributed by atoms with van der Waals surface area (Å²) in [6, 6.07) is 21.5. The van der Waals surface area contributed by atoms with Gasteiger partial charge in [0.05, 0.1) is 14.2 Å². The summed E-state index contributed by atoms with van der Waals surface area (Å²) < 4.78 is 10.6. The summed E-state index contributed by atoms with van der Waals surface area (Å²) in [5.74, 6) is 0.949. The predicted molar refractivity (Wildman–Crippen MR) is 132 cm³/mol. The number of rotatable bonds is 8. The molecule has 3 rings (SSSR count). The van der Waals surface area contributed by atoms with Crippen LogP contribution in [0.4, 0.5) is 11.4 Å². The van der Waals surface area contributed by atoms with Crippen molar-refractivity contribution < 1.29 is 19.1 Å². The fourth-order valence-corrected chi connectivity index (χ4v) is 3.05. The van der Waals surface area contributed by atoms with Crippen molar-refractivity contribution in [1.29, 1.82) is 0 Å². The van der Waals surface area contributed by atoms with Gasteiger partial charge in [-0.05, 0) is 61.5 Å². The van der Waals surface area contributed by atoms with Gasteiger partial charge in [-0.15, -0.1) is 0 Å². The van der Waals surface area contributed by atoms with Gasteiger partial charge < -0.3 is 20.1 Å². The van der Waals surface area contributed by atoms with Crippen LogP contribution in [0.5, 0.6) is 11.5 Å². The number of nitrogens with one attached hydrogen (secondary N) is 2. The van der Waals surface area contributed by atoms with Crippen molar-refractivity contribution in [2.75, 3.05) is 24.9 Å². The number of carbonyl (C=O) groups excluding carboxylic acids is 2. The van der Waals surface area contributed by atoms with Crippen molar-refractivity contribution >= 4 is 29.3 Å². The minimum absolute atomic E-state index is 0.189. The molecule has 0 fully saturated rings. The van der Waals surface area contributed by atoms with E-state index < -0.39 is 0 Å². The minimum atomic E-state index is -0.259. The van der Waals surface area contributed by atoms with Gasteiger partial charge in [-0.3, -0.25) is 9.59 Å². The van der Waals surface area contributed by atoms with Gasteiger partial charge in [0.25, 0.3) is 5.91 Å². The van der Waals surface area contributed by atoms with Crippen LogP contribution in [0, 0.1) is 0 Å². The maximum Gasteiger partial charge on any atom is 0.255 e. The summed E-state index contributed by atoms with van der Waals surface area (Å²) in [6.07, 6.45) is 5.12. The SMILES string of the molecule is COc1ccc(/C=C(C)/C=C/C(=O)Nc2ccc(NC(=O)c3ccccc3)cc2)c(OC)c1. The molecule has 0 aliphatic rings. The summed E-state index contributed by atoms with van der Waals surface area (Å²) in [5, 5.41) is 5.63. The van der Waals surface area contributed by atoms with E-state index in [2.05, 4.69) is 10.6 Å². The second kappa shape index (κ2) is 11.3. The molecule has 0 atom stereocenters. The number of benzene rings is 3. The van der Waals surface area contributed by atoms with Crippen molar-refractivity contribution in [1.82, 2.24) is 0 Å². The van der Waals surface area contributed by atoms with E-state index in [0.717, 1.165) is 11.1 Å². The molecule has 6 nitrogen and oxygen atoms in total. The van der Waals surface area contributed by atoms with Gasteiger partial charge in [0.15, 0.2) is 0 Å². The maximum absolute atomic E-state index is 12.3. The molecule has 168 valence electrons. The molecule has 2 N–H and O–H groups in total. The van der Waals surface area contributed by atoms with E-state index >= 15 is 0 Å². The topological polar surface area (TPSA) is 76.7 Å². The Labute approximate surface area is 193 Å². The van der Waals surface area contributed by atoms with Crippen LogP contribution >= 0.6 is 0 Å². The molecule has 0 bridgehead atoms. The summed E-state index contributed by atoms with van der Waals surface area (Å²) in [4.78, 5) is 24.5. The van der Waals surface area contributed by atoms with E-state index in [4.69, 9.17) is 9.47 Å². The first kappa shape index (κ1) is 23.3. The first-order valence-electron chi connectivity index (χ1n) is 10.3. The highest BCUT2D eigenvalue weighted by molar-refractivity contribution is 6.04. The minimum Gasteiger partial charge on any atom is -0.497 e. The molecular weight excluding hydrogens is 416 g/mol. The van der Waals surface area contributed by atoms with Crippen LogP contribution in [0.15, 0.2) is 90.5 Å². The van der Waals surface area contributed by atoms with Crippen LogP contribution in [-0.2, 0) is 4.79 Å². The van der Waals surface area contributed by atoms with Crippen LogP contribution in [0.3, 0.4) is 0 Å². The smallest absolute Gasteiger partial charge is 0.255 e. The number of allylic oxidation sites excluding steroid dienone is 2. The van der Waals surface area contributed by atoms with Crippen molar-refractivity contribution in [3.63, 3.8) is 0 Å². The van der Waals surface area contributed by atoms with Gasteiger partial charge >= 0.3 is 0 Å². The van der Waals surface area contributed by atoms with E-state index in [1.165, 1.54) is 6.08 Å². The van der Waals surface area contributed by atoms with Crippen LogP contribution in [-0.4, -0.2) is 26.0 Å². The highest BCUT2D eigenvalue weighted by atomic mass is 16.5. The third-order valence-corrected chi connectivity index (χ3v) is 4.77. The Morgan fingerprint density at radius 3 is 2.09 bits per heavy atom. The molecule has 0 radical (unpaired) electrons. The standard InChI is InChI=1S/C27H26N2O4/c1-19(17-21-10-15-24(32-2)18-25(21)33-3)9-16-26(30)28-22-11-13-23(14-12-22)29-27(31)20-7-5-4-6-8-20/h4-18H,1-3H3,(H,28,30)(H,29,31)/b16-9+,19-17+. The number of methoxy groups -OCH3 is 2. The number of carbonyl (C=O) groups is 2. The molecule has 0 unspecified atom stereocenters. The first-order chi connectivity index (χ1) is 16.0. The summed E-state index contributed by atoms with van der Waals surface area (Å²) in [5.41, 5.74) is 3.61. The zero-order valence-corrected chi connectivity index (χ0v) is 18.8. The molecule has 3 aromatic carbocycles. The molecular formula is C27H26N2O4. The van der Waals surface area contributed by atoms with Crippen LogP contribution in [0.25, 0.3) is 6.08 Å². The molecule has 0 aromatic heterocycles. The molecule has 0 aliphatic carbocycles. The van der Waals surface area contributed by atoms with E-state index in [9.17, 15) is 9.59 Å². The molecule has 33 heavy (non-hydrogen) atoms.